The summed E-state index contributed by atoms with van der Waals surface area (Å²) in [5, 5.41) is 13.5. The number of carbonyl (C=O) groups excluding carboxylic acids is 3. The summed E-state index contributed by atoms with van der Waals surface area (Å²) in [4.78, 5) is 34.5. The summed E-state index contributed by atoms with van der Waals surface area (Å²) in [6.45, 7) is 1.76. The third kappa shape index (κ3) is 8.80. The van der Waals surface area contributed by atoms with Crippen molar-refractivity contribution >= 4 is 35.2 Å². The average molecular weight is 349 g/mol. The molecule has 0 bridgehead atoms. The summed E-state index contributed by atoms with van der Waals surface area (Å²) in [5.74, 6) is -1.16. The van der Waals surface area contributed by atoms with E-state index in [4.69, 9.17) is 10.00 Å². The molecule has 24 heavy (non-hydrogen) atoms. The van der Waals surface area contributed by atoms with Gasteiger partial charge in [-0.2, -0.15) is 5.26 Å². The zero-order valence-electron chi connectivity index (χ0n) is 13.3. The van der Waals surface area contributed by atoms with Crippen molar-refractivity contribution in [3.05, 3.63) is 29.8 Å². The minimum absolute atomic E-state index is 0.0211. The molecule has 128 valence electrons. The molecule has 7 nitrogen and oxygen atoms in total. The van der Waals surface area contributed by atoms with Crippen molar-refractivity contribution in [2.45, 2.75) is 13.3 Å². The van der Waals surface area contributed by atoms with Crippen LogP contribution in [0.3, 0.4) is 0 Å². The molecule has 0 saturated carbocycles. The molecule has 0 heterocycles. The second-order valence-corrected chi connectivity index (χ2v) is 5.81. The molecule has 0 aliphatic rings. The Balaban J connectivity index is 2.15. The van der Waals surface area contributed by atoms with Crippen LogP contribution < -0.4 is 10.6 Å². The van der Waals surface area contributed by atoms with E-state index in [9.17, 15) is 14.4 Å². The molecular weight excluding hydrogens is 330 g/mol. The summed E-state index contributed by atoms with van der Waals surface area (Å²) in [7, 11) is 0. The van der Waals surface area contributed by atoms with Crippen LogP contribution in [-0.2, 0) is 19.1 Å². The van der Waals surface area contributed by atoms with Gasteiger partial charge >= 0.3 is 5.97 Å². The molecule has 2 amide bonds. The normalized spacial score (nSPS) is 9.67. The first-order valence-corrected chi connectivity index (χ1v) is 8.40. The smallest absolute Gasteiger partial charge is 0.316 e. The summed E-state index contributed by atoms with van der Waals surface area (Å²) < 4.78 is 4.76. The van der Waals surface area contributed by atoms with Gasteiger partial charge in [0.25, 0.3) is 5.91 Å². The molecule has 0 aromatic heterocycles. The van der Waals surface area contributed by atoms with E-state index in [1.54, 1.807) is 6.07 Å². The Labute approximate surface area is 144 Å². The Kier molecular flexibility index (Phi) is 9.01. The number of carbonyl (C=O) groups is 3. The average Bonchev–Trinajstić information content (AvgIpc) is 2.53. The van der Waals surface area contributed by atoms with Crippen LogP contribution in [0, 0.1) is 18.3 Å². The molecule has 0 atom stereocenters. The maximum atomic E-state index is 11.7. The number of amides is 2. The van der Waals surface area contributed by atoms with Gasteiger partial charge in [-0.25, -0.2) is 0 Å². The van der Waals surface area contributed by atoms with Gasteiger partial charge in [0, 0.05) is 12.2 Å². The van der Waals surface area contributed by atoms with Gasteiger partial charge in [-0.05, 0) is 24.6 Å². The Hall–Kier alpha value is -2.53. The molecule has 1 aromatic carbocycles. The lowest BCUT2D eigenvalue weighted by Crippen LogP contribution is -2.29. The second-order valence-electron chi connectivity index (χ2n) is 4.83. The van der Waals surface area contributed by atoms with E-state index in [0.717, 1.165) is 17.3 Å². The highest BCUT2D eigenvalue weighted by molar-refractivity contribution is 8.00. The zero-order chi connectivity index (χ0) is 17.8. The van der Waals surface area contributed by atoms with Gasteiger partial charge in [-0.15, -0.1) is 11.8 Å². The Morgan fingerprint density at radius 2 is 2.04 bits per heavy atom. The number of aryl methyl sites for hydroxylation is 1. The number of nitrogens with zero attached hydrogens (tertiary/aromatic N) is 1. The van der Waals surface area contributed by atoms with Gasteiger partial charge in [-0.1, -0.05) is 12.1 Å². The first kappa shape index (κ1) is 19.5. The Bertz CT molecular complexity index is 628. The molecule has 0 saturated heterocycles. The van der Waals surface area contributed by atoms with Gasteiger partial charge in [0.15, 0.2) is 6.61 Å². The monoisotopic (exact) mass is 349 g/mol. The maximum absolute atomic E-state index is 11.7. The molecule has 8 heteroatoms. The Morgan fingerprint density at radius 3 is 2.75 bits per heavy atom. The van der Waals surface area contributed by atoms with E-state index < -0.39 is 11.9 Å². The molecule has 0 aliphatic heterocycles. The van der Waals surface area contributed by atoms with Gasteiger partial charge in [0.1, 0.15) is 0 Å². The Morgan fingerprint density at radius 1 is 1.25 bits per heavy atom. The van der Waals surface area contributed by atoms with Crippen LogP contribution >= 0.6 is 11.8 Å². The molecule has 0 unspecified atom stereocenters. The van der Waals surface area contributed by atoms with E-state index >= 15 is 0 Å². The molecule has 2 N–H and O–H groups in total. The topological polar surface area (TPSA) is 108 Å². The number of thioether (sulfide) groups is 1. The first-order valence-electron chi connectivity index (χ1n) is 7.25. The van der Waals surface area contributed by atoms with E-state index in [2.05, 4.69) is 10.6 Å². The van der Waals surface area contributed by atoms with Crippen molar-refractivity contribution in [1.29, 1.82) is 5.26 Å². The fourth-order valence-electron chi connectivity index (χ4n) is 1.64. The van der Waals surface area contributed by atoms with E-state index in [1.165, 1.54) is 0 Å². The number of benzene rings is 1. The lowest BCUT2D eigenvalue weighted by Gasteiger charge is -2.06. The van der Waals surface area contributed by atoms with Crippen LogP contribution in [0.5, 0.6) is 0 Å². The third-order valence-corrected chi connectivity index (χ3v) is 3.58. The van der Waals surface area contributed by atoms with Crippen LogP contribution in [0.1, 0.15) is 12.0 Å². The van der Waals surface area contributed by atoms with Crippen molar-refractivity contribution in [2.75, 3.05) is 30.0 Å². The van der Waals surface area contributed by atoms with Crippen molar-refractivity contribution < 1.29 is 19.1 Å². The van der Waals surface area contributed by atoms with E-state index in [0.29, 0.717) is 5.69 Å². The number of ether oxygens (including phenoxy) is 1. The lowest BCUT2D eigenvalue weighted by atomic mass is 10.2. The summed E-state index contributed by atoms with van der Waals surface area (Å²) in [6, 6.07) is 9.29. The summed E-state index contributed by atoms with van der Waals surface area (Å²) in [5.41, 5.74) is 1.74. The summed E-state index contributed by atoms with van der Waals surface area (Å²) >= 11 is 1.10. The molecule has 0 aliphatic carbocycles. The van der Waals surface area contributed by atoms with Crippen molar-refractivity contribution in [2.24, 2.45) is 0 Å². The highest BCUT2D eigenvalue weighted by Gasteiger charge is 2.09. The standard InChI is InChI=1S/C16H19N3O4S/c1-12-4-2-5-13(8-12)19-15(21)10-24-11-16(22)23-9-14(20)18-7-3-6-17/h2,4-5,8H,3,7,9-11H2,1H3,(H,18,20)(H,19,21). The highest BCUT2D eigenvalue weighted by Crippen LogP contribution is 2.10. The van der Waals surface area contributed by atoms with Gasteiger partial charge in [0.2, 0.25) is 5.91 Å². The van der Waals surface area contributed by atoms with E-state index in [1.807, 2.05) is 31.2 Å². The largest absolute Gasteiger partial charge is 0.455 e. The SMILES string of the molecule is Cc1cccc(NC(=O)CSCC(=O)OCC(=O)NCCC#N)c1. The fraction of sp³-hybridized carbons (Fsp3) is 0.375. The first-order chi connectivity index (χ1) is 11.5. The maximum Gasteiger partial charge on any atom is 0.316 e. The predicted octanol–water partition coefficient (Wildman–Crippen LogP) is 1.24. The fourth-order valence-corrected chi connectivity index (χ4v) is 2.25. The zero-order valence-corrected chi connectivity index (χ0v) is 14.1. The lowest BCUT2D eigenvalue weighted by molar-refractivity contribution is -0.145. The van der Waals surface area contributed by atoms with Gasteiger partial charge in [0.05, 0.1) is 24.0 Å². The molecule has 1 aromatic rings. The number of hydrogen-bond donors (Lipinski definition) is 2. The summed E-state index contributed by atoms with van der Waals surface area (Å²) in [6.07, 6.45) is 0.200. The van der Waals surface area contributed by atoms with Crippen LogP contribution in [0.4, 0.5) is 5.69 Å². The number of rotatable bonds is 9. The quantitative estimate of drug-likeness (QED) is 0.513. The molecule has 1 rings (SSSR count). The molecular formula is C16H19N3O4S. The third-order valence-electron chi connectivity index (χ3n) is 2.68. The molecule has 0 fully saturated rings. The van der Waals surface area contributed by atoms with E-state index in [-0.39, 0.29) is 37.0 Å². The second kappa shape index (κ2) is 11.1. The minimum Gasteiger partial charge on any atom is -0.455 e. The van der Waals surface area contributed by atoms with Gasteiger partial charge in [-0.3, -0.25) is 14.4 Å². The number of nitrogens with one attached hydrogen (secondary N) is 2. The van der Waals surface area contributed by atoms with Crippen LogP contribution in [0.2, 0.25) is 0 Å². The molecule has 0 radical (unpaired) electrons. The highest BCUT2D eigenvalue weighted by atomic mass is 32.2. The van der Waals surface area contributed by atoms with Crippen molar-refractivity contribution in [3.63, 3.8) is 0 Å². The van der Waals surface area contributed by atoms with Crippen molar-refractivity contribution in [3.8, 4) is 6.07 Å². The predicted molar refractivity (Wildman–Crippen MR) is 91.3 cm³/mol. The van der Waals surface area contributed by atoms with Crippen molar-refractivity contribution in [1.82, 2.24) is 5.32 Å². The van der Waals surface area contributed by atoms with Crippen LogP contribution in [-0.4, -0.2) is 42.4 Å². The molecule has 0 spiro atoms. The van der Waals surface area contributed by atoms with Gasteiger partial charge < -0.3 is 15.4 Å². The van der Waals surface area contributed by atoms with Crippen LogP contribution in [0.15, 0.2) is 24.3 Å². The number of anilines is 1. The van der Waals surface area contributed by atoms with Crippen LogP contribution in [0.25, 0.3) is 0 Å². The minimum atomic E-state index is -0.571. The number of hydrogen-bond acceptors (Lipinski definition) is 6. The number of esters is 1. The number of nitriles is 1.